The van der Waals surface area contributed by atoms with Gasteiger partial charge >= 0.3 is 5.97 Å². The van der Waals surface area contributed by atoms with Gasteiger partial charge in [-0.05, 0) is 45.0 Å². The van der Waals surface area contributed by atoms with Crippen LogP contribution in [0.5, 0.6) is 0 Å². The molecule has 0 aliphatic rings. The number of benzene rings is 1. The molecule has 6 heteroatoms. The molecular formula is C12H17NO4S. The lowest BCUT2D eigenvalue weighted by molar-refractivity contribution is 0.0600. The maximum absolute atomic E-state index is 12.0. The van der Waals surface area contributed by atoms with E-state index < -0.39 is 21.5 Å². The third-order valence-electron chi connectivity index (χ3n) is 2.03. The van der Waals surface area contributed by atoms with Gasteiger partial charge in [0.2, 0.25) is 10.0 Å². The lowest BCUT2D eigenvalue weighted by atomic mass is 10.1. The largest absolute Gasteiger partial charge is 0.465 e. The van der Waals surface area contributed by atoms with E-state index in [4.69, 9.17) is 0 Å². The van der Waals surface area contributed by atoms with Gasteiger partial charge in [0.1, 0.15) is 0 Å². The van der Waals surface area contributed by atoms with Crippen LogP contribution in [0.15, 0.2) is 29.2 Å². The van der Waals surface area contributed by atoms with Crippen LogP contribution in [-0.4, -0.2) is 27.0 Å². The fraction of sp³-hybridized carbons (Fsp3) is 0.417. The summed E-state index contributed by atoms with van der Waals surface area (Å²) in [7, 11) is -2.30. The molecule has 1 aromatic rings. The zero-order valence-electron chi connectivity index (χ0n) is 10.9. The van der Waals surface area contributed by atoms with Crippen LogP contribution < -0.4 is 4.72 Å². The molecule has 0 unspecified atom stereocenters. The fourth-order valence-corrected chi connectivity index (χ4v) is 2.77. The summed E-state index contributed by atoms with van der Waals surface area (Å²) in [6.07, 6.45) is 0. The molecule has 0 bridgehead atoms. The Morgan fingerprint density at radius 3 is 2.06 bits per heavy atom. The number of sulfonamides is 1. The highest BCUT2D eigenvalue weighted by Crippen LogP contribution is 2.14. The van der Waals surface area contributed by atoms with E-state index in [0.29, 0.717) is 5.56 Å². The van der Waals surface area contributed by atoms with Crippen LogP contribution in [-0.2, 0) is 14.8 Å². The van der Waals surface area contributed by atoms with E-state index in [0.717, 1.165) is 0 Å². The Morgan fingerprint density at radius 2 is 1.67 bits per heavy atom. The van der Waals surface area contributed by atoms with Crippen molar-refractivity contribution in [2.24, 2.45) is 0 Å². The maximum Gasteiger partial charge on any atom is 0.337 e. The number of hydrogen-bond acceptors (Lipinski definition) is 4. The van der Waals surface area contributed by atoms with Crippen LogP contribution in [0.1, 0.15) is 31.1 Å². The normalized spacial score (nSPS) is 12.2. The Balaban J connectivity index is 3.02. The Labute approximate surface area is 107 Å². The highest BCUT2D eigenvalue weighted by Gasteiger charge is 2.22. The highest BCUT2D eigenvalue weighted by molar-refractivity contribution is 7.89. The monoisotopic (exact) mass is 271 g/mol. The van der Waals surface area contributed by atoms with Crippen molar-refractivity contribution in [3.8, 4) is 0 Å². The maximum atomic E-state index is 12.0. The van der Waals surface area contributed by atoms with Crippen LogP contribution in [0.2, 0.25) is 0 Å². The molecule has 100 valence electrons. The minimum Gasteiger partial charge on any atom is -0.465 e. The lowest BCUT2D eigenvalue weighted by Gasteiger charge is -2.20. The van der Waals surface area contributed by atoms with E-state index in [1.807, 2.05) is 0 Å². The molecule has 0 aliphatic carbocycles. The summed E-state index contributed by atoms with van der Waals surface area (Å²) in [4.78, 5) is 11.3. The molecule has 0 spiro atoms. The number of hydrogen-bond donors (Lipinski definition) is 1. The van der Waals surface area contributed by atoms with Gasteiger partial charge in [0.25, 0.3) is 0 Å². The third kappa shape index (κ3) is 3.82. The summed E-state index contributed by atoms with van der Waals surface area (Å²) in [5.74, 6) is -0.497. The fourth-order valence-electron chi connectivity index (χ4n) is 1.35. The van der Waals surface area contributed by atoms with Gasteiger partial charge in [-0.2, -0.15) is 0 Å². The van der Waals surface area contributed by atoms with Gasteiger partial charge in [-0.3, -0.25) is 0 Å². The van der Waals surface area contributed by atoms with E-state index in [9.17, 15) is 13.2 Å². The van der Waals surface area contributed by atoms with Gasteiger partial charge in [0.15, 0.2) is 0 Å². The van der Waals surface area contributed by atoms with Crippen molar-refractivity contribution in [3.63, 3.8) is 0 Å². The standard InChI is InChI=1S/C12H17NO4S/c1-12(2,3)13-18(15,16)10-7-5-9(6-8-10)11(14)17-4/h5-8,13H,1-4H3. The highest BCUT2D eigenvalue weighted by atomic mass is 32.2. The van der Waals surface area contributed by atoms with Gasteiger partial charge in [-0.1, -0.05) is 0 Å². The number of methoxy groups -OCH3 is 1. The van der Waals surface area contributed by atoms with Crippen molar-refractivity contribution in [1.29, 1.82) is 0 Å². The van der Waals surface area contributed by atoms with Crippen LogP contribution in [0.3, 0.4) is 0 Å². The van der Waals surface area contributed by atoms with E-state index >= 15 is 0 Å². The van der Waals surface area contributed by atoms with Crippen molar-refractivity contribution in [2.75, 3.05) is 7.11 Å². The van der Waals surface area contributed by atoms with E-state index in [1.54, 1.807) is 20.8 Å². The zero-order chi connectivity index (χ0) is 14.0. The molecule has 0 atom stereocenters. The minimum absolute atomic E-state index is 0.116. The Kier molecular flexibility index (Phi) is 4.13. The van der Waals surface area contributed by atoms with Gasteiger partial charge in [-0.15, -0.1) is 0 Å². The Hall–Kier alpha value is -1.40. The predicted octanol–water partition coefficient (Wildman–Crippen LogP) is 1.55. The molecule has 1 rings (SSSR count). The molecule has 0 radical (unpaired) electrons. The number of carbonyl (C=O) groups is 1. The molecule has 1 N–H and O–H groups in total. The summed E-state index contributed by atoms with van der Waals surface area (Å²) in [6.45, 7) is 5.27. The van der Waals surface area contributed by atoms with Gasteiger partial charge < -0.3 is 4.74 Å². The minimum atomic E-state index is -3.57. The average Bonchev–Trinajstić information content (AvgIpc) is 2.25. The van der Waals surface area contributed by atoms with Crippen molar-refractivity contribution >= 4 is 16.0 Å². The topological polar surface area (TPSA) is 72.5 Å². The Morgan fingerprint density at radius 1 is 1.17 bits per heavy atom. The second kappa shape index (κ2) is 5.07. The lowest BCUT2D eigenvalue weighted by Crippen LogP contribution is -2.40. The molecular weight excluding hydrogens is 254 g/mol. The predicted molar refractivity (Wildman–Crippen MR) is 67.9 cm³/mol. The molecule has 1 aromatic carbocycles. The quantitative estimate of drug-likeness (QED) is 0.847. The summed E-state index contributed by atoms with van der Waals surface area (Å²) < 4.78 is 31.0. The average molecular weight is 271 g/mol. The van der Waals surface area contributed by atoms with Crippen LogP contribution in [0, 0.1) is 0 Å². The van der Waals surface area contributed by atoms with Crippen molar-refractivity contribution in [3.05, 3.63) is 29.8 Å². The molecule has 0 aliphatic heterocycles. The number of carbonyl (C=O) groups excluding carboxylic acids is 1. The second-order valence-corrected chi connectivity index (χ2v) is 6.55. The van der Waals surface area contributed by atoms with Crippen molar-refractivity contribution in [2.45, 2.75) is 31.2 Å². The van der Waals surface area contributed by atoms with E-state index in [-0.39, 0.29) is 4.90 Å². The van der Waals surface area contributed by atoms with Gasteiger partial charge in [-0.25, -0.2) is 17.9 Å². The number of ether oxygens (including phenoxy) is 1. The summed E-state index contributed by atoms with van der Waals surface area (Å²) in [6, 6.07) is 5.59. The first kappa shape index (κ1) is 14.7. The molecule has 0 fully saturated rings. The Bertz CT molecular complexity index is 526. The van der Waals surface area contributed by atoms with Crippen LogP contribution in [0.25, 0.3) is 0 Å². The third-order valence-corrected chi connectivity index (χ3v) is 3.80. The van der Waals surface area contributed by atoms with Crippen LogP contribution >= 0.6 is 0 Å². The second-order valence-electron chi connectivity index (χ2n) is 4.87. The zero-order valence-corrected chi connectivity index (χ0v) is 11.7. The first-order chi connectivity index (χ1) is 8.15. The summed E-state index contributed by atoms with van der Waals surface area (Å²) in [5.41, 5.74) is -0.243. The molecule has 0 heterocycles. The molecule has 0 saturated carbocycles. The molecule has 5 nitrogen and oxygen atoms in total. The summed E-state index contributed by atoms with van der Waals surface area (Å²) >= 11 is 0. The van der Waals surface area contributed by atoms with Gasteiger partial charge in [0, 0.05) is 5.54 Å². The van der Waals surface area contributed by atoms with Crippen molar-refractivity contribution in [1.82, 2.24) is 4.72 Å². The molecule has 0 amide bonds. The van der Waals surface area contributed by atoms with E-state index in [2.05, 4.69) is 9.46 Å². The molecule has 0 saturated heterocycles. The van der Waals surface area contributed by atoms with Gasteiger partial charge in [0.05, 0.1) is 17.6 Å². The number of nitrogens with one attached hydrogen (secondary N) is 1. The SMILES string of the molecule is COC(=O)c1ccc(S(=O)(=O)NC(C)(C)C)cc1. The number of esters is 1. The van der Waals surface area contributed by atoms with Crippen LogP contribution in [0.4, 0.5) is 0 Å². The van der Waals surface area contributed by atoms with Crippen molar-refractivity contribution < 1.29 is 17.9 Å². The molecule has 18 heavy (non-hydrogen) atoms. The smallest absolute Gasteiger partial charge is 0.337 e. The first-order valence-corrected chi connectivity index (χ1v) is 6.86. The molecule has 0 aromatic heterocycles. The first-order valence-electron chi connectivity index (χ1n) is 5.38. The number of rotatable bonds is 3. The summed E-state index contributed by atoms with van der Waals surface area (Å²) in [5, 5.41) is 0. The van der Waals surface area contributed by atoms with E-state index in [1.165, 1.54) is 31.4 Å².